The largest absolute Gasteiger partial charge is 0.867 e. The molecule has 8 heteroatoms. The van der Waals surface area contributed by atoms with E-state index in [-0.39, 0.29) is 11.4 Å². The average Bonchev–Trinajstić information content (AvgIpc) is 2.27. The number of hydrogen-bond donors (Lipinski definition) is 2. The summed E-state index contributed by atoms with van der Waals surface area (Å²) in [6, 6.07) is 10.4. The van der Waals surface area contributed by atoms with Gasteiger partial charge in [-0.15, -0.1) is 0 Å². The second kappa shape index (κ2) is 5.42. The third-order valence-electron chi connectivity index (χ3n) is 1.96. The molecule has 0 aliphatic heterocycles. The summed E-state index contributed by atoms with van der Waals surface area (Å²) in [5.74, 6) is -0.263. The Kier molecular flexibility index (Phi) is 4.17. The molecule has 0 aliphatic rings. The van der Waals surface area contributed by atoms with Crippen LogP contribution in [0.4, 0.5) is 5.69 Å². The second-order valence-electron chi connectivity index (χ2n) is 3.18. The minimum Gasteiger partial charge on any atom is -0.867 e. The van der Waals surface area contributed by atoms with Crippen LogP contribution in [-0.2, 0) is 10.4 Å². The molecule has 0 spiro atoms. The predicted octanol–water partition coefficient (Wildman–Crippen LogP) is 1.75. The fourth-order valence-corrected chi connectivity index (χ4v) is 1.34. The van der Waals surface area contributed by atoms with Crippen molar-refractivity contribution >= 4 is 26.9 Å². The van der Waals surface area contributed by atoms with Crippen molar-refractivity contribution in [2.24, 2.45) is 0 Å². The molecular weight excluding hydrogens is 260 g/mol. The van der Waals surface area contributed by atoms with E-state index in [0.717, 1.165) is 5.39 Å². The molecule has 0 aliphatic carbocycles. The first-order valence-electron chi connectivity index (χ1n) is 4.56. The van der Waals surface area contributed by atoms with Crippen LogP contribution < -0.4 is 5.11 Å². The lowest BCUT2D eigenvalue weighted by Gasteiger charge is -2.01. The van der Waals surface area contributed by atoms with E-state index in [9.17, 15) is 5.11 Å². The number of hydrogen-bond acceptors (Lipinski definition) is 4. The summed E-state index contributed by atoms with van der Waals surface area (Å²) >= 11 is 0. The molecule has 0 unspecified atom stereocenters. The summed E-state index contributed by atoms with van der Waals surface area (Å²) in [7, 11) is -4.67. The lowest BCUT2D eigenvalue weighted by Crippen LogP contribution is -1.89. The van der Waals surface area contributed by atoms with Gasteiger partial charge in [0.25, 0.3) is 0 Å². The molecule has 0 aromatic heterocycles. The number of diazo groups is 1. The first-order chi connectivity index (χ1) is 8.33. The molecule has 0 amide bonds. The van der Waals surface area contributed by atoms with E-state index in [1.54, 1.807) is 18.2 Å². The van der Waals surface area contributed by atoms with Gasteiger partial charge in [0.2, 0.25) is 5.39 Å². The number of rotatable bonds is 0. The third-order valence-corrected chi connectivity index (χ3v) is 1.96. The van der Waals surface area contributed by atoms with Crippen molar-refractivity contribution in [2.45, 2.75) is 0 Å². The molecule has 0 saturated carbocycles. The topological polar surface area (TPSA) is 126 Å². The zero-order chi connectivity index (χ0) is 13.8. The van der Waals surface area contributed by atoms with Crippen LogP contribution in [0.5, 0.6) is 5.75 Å². The van der Waals surface area contributed by atoms with Gasteiger partial charge in [-0.1, -0.05) is 30.3 Å². The Bertz CT molecular complexity index is 698. The van der Waals surface area contributed by atoms with Crippen molar-refractivity contribution in [3.63, 3.8) is 0 Å². The van der Waals surface area contributed by atoms with Gasteiger partial charge in [-0.3, -0.25) is 9.11 Å². The van der Waals surface area contributed by atoms with E-state index in [0.29, 0.717) is 5.39 Å². The van der Waals surface area contributed by atoms with E-state index < -0.39 is 10.4 Å². The van der Waals surface area contributed by atoms with Crippen molar-refractivity contribution in [2.75, 3.05) is 0 Å². The highest BCUT2D eigenvalue weighted by atomic mass is 32.3. The summed E-state index contributed by atoms with van der Waals surface area (Å²) in [4.78, 5) is 2.99. The van der Waals surface area contributed by atoms with Crippen molar-refractivity contribution in [3.05, 3.63) is 41.4 Å². The van der Waals surface area contributed by atoms with Gasteiger partial charge < -0.3 is 5.11 Å². The average molecular weight is 268 g/mol. The van der Waals surface area contributed by atoms with Crippen molar-refractivity contribution in [3.8, 4) is 5.75 Å². The summed E-state index contributed by atoms with van der Waals surface area (Å²) < 4.78 is 31.6. The predicted molar refractivity (Wildman–Crippen MR) is 62.3 cm³/mol. The van der Waals surface area contributed by atoms with Gasteiger partial charge in [0.1, 0.15) is 0 Å². The lowest BCUT2D eigenvalue weighted by atomic mass is 10.1. The smallest absolute Gasteiger partial charge is 0.394 e. The van der Waals surface area contributed by atoms with Gasteiger partial charge in [0.05, 0.1) is 5.39 Å². The van der Waals surface area contributed by atoms with E-state index in [2.05, 4.69) is 4.98 Å². The highest BCUT2D eigenvalue weighted by Gasteiger charge is 2.11. The van der Waals surface area contributed by atoms with Gasteiger partial charge in [-0.25, -0.2) is 0 Å². The first kappa shape index (κ1) is 13.9. The van der Waals surface area contributed by atoms with E-state index in [1.807, 2.05) is 12.1 Å². The molecule has 18 heavy (non-hydrogen) atoms. The summed E-state index contributed by atoms with van der Waals surface area (Å²) in [5.41, 5.74) is 0.109. The third kappa shape index (κ3) is 3.99. The summed E-state index contributed by atoms with van der Waals surface area (Å²) in [5, 5.41) is 21.4. The maximum Gasteiger partial charge on any atom is 0.394 e. The Labute approximate surface area is 103 Å². The molecule has 0 bridgehead atoms. The molecule has 0 saturated heterocycles. The van der Waals surface area contributed by atoms with Crippen LogP contribution in [0, 0.1) is 5.39 Å². The molecule has 0 atom stereocenters. The van der Waals surface area contributed by atoms with E-state index in [4.69, 9.17) is 22.9 Å². The van der Waals surface area contributed by atoms with Gasteiger partial charge in [-0.05, 0) is 17.2 Å². The molecule has 2 rings (SSSR count). The van der Waals surface area contributed by atoms with E-state index >= 15 is 0 Å². The van der Waals surface area contributed by atoms with Crippen LogP contribution in [0.15, 0.2) is 36.4 Å². The highest BCUT2D eigenvalue weighted by Crippen LogP contribution is 2.32. The Morgan fingerprint density at radius 2 is 1.67 bits per heavy atom. The van der Waals surface area contributed by atoms with Crippen LogP contribution in [0.2, 0.25) is 0 Å². The Balaban J connectivity index is 0.000000280. The fraction of sp³-hybridized carbons (Fsp3) is 0. The molecule has 0 fully saturated rings. The maximum absolute atomic E-state index is 11.2. The first-order valence-corrected chi connectivity index (χ1v) is 5.96. The van der Waals surface area contributed by atoms with Crippen LogP contribution in [0.25, 0.3) is 15.7 Å². The minimum atomic E-state index is -4.67. The molecule has 0 radical (unpaired) electrons. The minimum absolute atomic E-state index is 0.109. The summed E-state index contributed by atoms with van der Waals surface area (Å²) in [6.07, 6.45) is 0. The van der Waals surface area contributed by atoms with Crippen LogP contribution in [-0.4, -0.2) is 17.5 Å². The standard InChI is InChI=1S/C10H6N2O.H2O4S/c11-12-10-8-4-2-1-3-7(8)5-6-9(10)13;1-5(2,3)4/h1-6H;(H2,1,2,3,4). The zero-order valence-corrected chi connectivity index (χ0v) is 9.70. The van der Waals surface area contributed by atoms with Gasteiger partial charge in [0.15, 0.2) is 4.98 Å². The zero-order valence-electron chi connectivity index (χ0n) is 8.89. The number of nitrogens with zero attached hydrogens (tertiary/aromatic N) is 2. The van der Waals surface area contributed by atoms with Crippen LogP contribution in [0.3, 0.4) is 0 Å². The molecule has 0 heterocycles. The van der Waals surface area contributed by atoms with Crippen LogP contribution in [0.1, 0.15) is 0 Å². The normalized spacial score (nSPS) is 10.3. The van der Waals surface area contributed by atoms with Crippen molar-refractivity contribution in [1.82, 2.24) is 0 Å². The molecule has 2 aromatic carbocycles. The lowest BCUT2D eigenvalue weighted by molar-refractivity contribution is -0.266. The monoisotopic (exact) mass is 268 g/mol. The molecule has 94 valence electrons. The SMILES string of the molecule is N#[N+]c1c([O-])ccc2ccccc12.O=S(=O)(O)O. The number of fused-ring (bicyclic) bond motifs is 1. The van der Waals surface area contributed by atoms with Crippen molar-refractivity contribution < 1.29 is 22.6 Å². The number of benzene rings is 2. The maximum atomic E-state index is 11.2. The molecule has 2 aromatic rings. The quantitative estimate of drug-likeness (QED) is 0.553. The van der Waals surface area contributed by atoms with Crippen LogP contribution >= 0.6 is 0 Å². The van der Waals surface area contributed by atoms with Crippen molar-refractivity contribution in [1.29, 1.82) is 5.39 Å². The van der Waals surface area contributed by atoms with Gasteiger partial charge >= 0.3 is 16.1 Å². The highest BCUT2D eigenvalue weighted by molar-refractivity contribution is 7.79. The molecule has 7 nitrogen and oxygen atoms in total. The summed E-state index contributed by atoms with van der Waals surface area (Å²) in [6.45, 7) is 0. The van der Waals surface area contributed by atoms with E-state index in [1.165, 1.54) is 6.07 Å². The Morgan fingerprint density at radius 1 is 1.11 bits per heavy atom. The van der Waals surface area contributed by atoms with Gasteiger partial charge in [-0.2, -0.15) is 8.42 Å². The second-order valence-corrected chi connectivity index (χ2v) is 4.08. The Morgan fingerprint density at radius 3 is 2.22 bits per heavy atom. The molecular formula is C10H8N2O5S. The van der Waals surface area contributed by atoms with Gasteiger partial charge in [0, 0.05) is 0 Å². The fourth-order valence-electron chi connectivity index (χ4n) is 1.34. The molecule has 2 N–H and O–H groups in total. The Hall–Kier alpha value is -2.21.